The Morgan fingerprint density at radius 2 is 1.28 bits per heavy atom. The normalized spacial score (nSPS) is 12.5. The lowest BCUT2D eigenvalue weighted by molar-refractivity contribution is -0.228. The molecule has 1 heterocycles. The van der Waals surface area contributed by atoms with E-state index in [2.05, 4.69) is 15.6 Å². The monoisotopic (exact) mass is 812 g/mol. The Hall–Kier alpha value is -4.84. The van der Waals surface area contributed by atoms with E-state index in [0.29, 0.717) is 57.3 Å². The fourth-order valence-corrected chi connectivity index (χ4v) is 6.85. The van der Waals surface area contributed by atoms with Gasteiger partial charge in [0.1, 0.15) is 0 Å². The Labute approximate surface area is 334 Å². The van der Waals surface area contributed by atoms with Crippen LogP contribution in [0.3, 0.4) is 0 Å². The van der Waals surface area contributed by atoms with E-state index in [1.54, 1.807) is 78.9 Å². The first kappa shape index (κ1) is 44.9. The minimum Gasteiger partial charge on any atom is -0.480 e. The number of aromatic nitrogens is 1. The summed E-state index contributed by atoms with van der Waals surface area (Å²) in [7, 11) is 0. The maximum Gasteiger partial charge on any atom is 0.487 e. The molecular formula is C41H47F3N4O8S. The molecule has 57 heavy (non-hydrogen) atoms. The number of alkyl halides is 3. The Morgan fingerprint density at radius 1 is 0.719 bits per heavy atom. The number of ether oxygens (including phenoxy) is 4. The number of nitrogens with one attached hydrogen (secondary N) is 2. The molecule has 1 atom stereocenters. The van der Waals surface area contributed by atoms with E-state index in [1.165, 1.54) is 30.5 Å². The highest BCUT2D eigenvalue weighted by atomic mass is 32.2. The van der Waals surface area contributed by atoms with Gasteiger partial charge < -0.3 is 34.7 Å². The Morgan fingerprint density at radius 3 is 1.88 bits per heavy atom. The van der Waals surface area contributed by atoms with Crippen molar-refractivity contribution < 1.29 is 51.6 Å². The third-order valence-electron chi connectivity index (χ3n) is 8.22. The van der Waals surface area contributed by atoms with Crippen LogP contribution in [-0.4, -0.2) is 111 Å². The third kappa shape index (κ3) is 14.6. The molecule has 12 nitrogen and oxygen atoms in total. The number of thioether (sulfide) groups is 1. The molecule has 3 N–H and O–H groups in total. The summed E-state index contributed by atoms with van der Waals surface area (Å²) in [5.74, 6) is -2.68. The van der Waals surface area contributed by atoms with Crippen molar-refractivity contribution in [3.05, 3.63) is 132 Å². The van der Waals surface area contributed by atoms with Gasteiger partial charge in [0.05, 0.1) is 70.6 Å². The first-order chi connectivity index (χ1) is 27.6. The number of para-hydroxylation sites is 1. The van der Waals surface area contributed by atoms with Crippen LogP contribution in [-0.2, 0) is 39.8 Å². The van der Waals surface area contributed by atoms with E-state index in [9.17, 15) is 27.6 Å². The van der Waals surface area contributed by atoms with Gasteiger partial charge in [-0.15, -0.1) is 24.9 Å². The molecule has 0 aliphatic rings. The van der Waals surface area contributed by atoms with Crippen LogP contribution in [0.15, 0.2) is 109 Å². The number of carboxylic acids is 1. The fourth-order valence-electron chi connectivity index (χ4n) is 5.56. The molecule has 4 rings (SSSR count). The van der Waals surface area contributed by atoms with E-state index in [-0.39, 0.29) is 53.8 Å². The highest BCUT2D eigenvalue weighted by Crippen LogP contribution is 2.45. The molecule has 0 bridgehead atoms. The Bertz CT molecular complexity index is 1800. The molecule has 1 aromatic heterocycles. The zero-order valence-corrected chi connectivity index (χ0v) is 32.1. The number of aliphatic carboxylic acids is 1. The summed E-state index contributed by atoms with van der Waals surface area (Å²) in [6.07, 6.45) is -3.01. The number of hydrogen-bond donors (Lipinski definition) is 3. The maximum atomic E-state index is 14.7. The quantitative estimate of drug-likeness (QED) is 0.0508. The summed E-state index contributed by atoms with van der Waals surface area (Å²) in [4.78, 5) is 43.5. The highest BCUT2D eigenvalue weighted by Gasteiger charge is 2.49. The molecule has 1 unspecified atom stereocenters. The number of amides is 2. The second-order valence-electron chi connectivity index (χ2n) is 12.3. The zero-order valence-electron chi connectivity index (χ0n) is 31.3. The molecule has 0 aliphatic carbocycles. The van der Waals surface area contributed by atoms with Crippen LogP contribution in [0.25, 0.3) is 0 Å². The minimum atomic E-state index is -5.05. The van der Waals surface area contributed by atoms with Crippen molar-refractivity contribution in [2.24, 2.45) is 0 Å². The van der Waals surface area contributed by atoms with Crippen molar-refractivity contribution in [2.45, 2.75) is 24.0 Å². The van der Waals surface area contributed by atoms with E-state index >= 15 is 0 Å². The number of carboxylic acid groups (broad SMARTS) is 1. The molecule has 2 amide bonds. The second-order valence-corrected chi connectivity index (χ2v) is 13.6. The van der Waals surface area contributed by atoms with Gasteiger partial charge in [-0.3, -0.25) is 19.4 Å². The van der Waals surface area contributed by atoms with Crippen molar-refractivity contribution >= 4 is 35.2 Å². The second kappa shape index (κ2) is 24.0. The maximum absolute atomic E-state index is 14.7. The van der Waals surface area contributed by atoms with Gasteiger partial charge in [-0.25, -0.2) is 4.90 Å². The van der Waals surface area contributed by atoms with Gasteiger partial charge in [0.15, 0.2) is 4.75 Å². The van der Waals surface area contributed by atoms with E-state index in [4.69, 9.17) is 24.1 Å². The van der Waals surface area contributed by atoms with E-state index in [0.717, 1.165) is 11.8 Å². The molecule has 0 saturated carbocycles. The number of carbonyl (C=O) groups is 3. The van der Waals surface area contributed by atoms with E-state index in [1.807, 2.05) is 0 Å². The standard InChI is InChI=1S/C41H47F3N4O8S/c42-41(43,44)48(31-32-12-4-1-5-13-32)38(51)35-18-10-20-46-37(35)40(33-14-6-2-7-15-33,39(52)47-34-16-8-3-9-17-34)57-29-28-56-27-26-55-25-24-54-23-22-53-21-11-19-45-30-36(49)50/h1-10,12-18,20,45H,11,19,21-31H2,(H,47,52)(H,49,50). The lowest BCUT2D eigenvalue weighted by atomic mass is 9.89. The van der Waals surface area contributed by atoms with Gasteiger partial charge in [0, 0.05) is 24.2 Å². The highest BCUT2D eigenvalue weighted by molar-refractivity contribution is 8.01. The number of anilines is 1. The van der Waals surface area contributed by atoms with Crippen LogP contribution in [0.1, 0.15) is 33.6 Å². The summed E-state index contributed by atoms with van der Waals surface area (Å²) >= 11 is 1.09. The predicted octanol–water partition coefficient (Wildman–Crippen LogP) is 5.99. The number of halogens is 3. The molecule has 0 saturated heterocycles. The smallest absolute Gasteiger partial charge is 0.480 e. The zero-order chi connectivity index (χ0) is 40.8. The predicted molar refractivity (Wildman–Crippen MR) is 210 cm³/mol. The molecule has 0 aliphatic heterocycles. The third-order valence-corrected chi connectivity index (χ3v) is 9.64. The molecule has 4 aromatic rings. The Kier molecular flexibility index (Phi) is 18.9. The van der Waals surface area contributed by atoms with Crippen LogP contribution in [0.2, 0.25) is 0 Å². The number of nitrogens with zero attached hydrogens (tertiary/aromatic N) is 2. The van der Waals surface area contributed by atoms with Crippen LogP contribution in [0, 0.1) is 0 Å². The number of rotatable bonds is 26. The lowest BCUT2D eigenvalue weighted by Crippen LogP contribution is -2.45. The number of benzene rings is 3. The van der Waals surface area contributed by atoms with Gasteiger partial charge in [0.25, 0.3) is 11.8 Å². The molecule has 0 fully saturated rings. The van der Waals surface area contributed by atoms with Crippen LogP contribution in [0.5, 0.6) is 0 Å². The molecular weight excluding hydrogens is 766 g/mol. The summed E-state index contributed by atoms with van der Waals surface area (Å²) in [6, 6.07) is 27.6. The number of carbonyl (C=O) groups excluding carboxylic acids is 2. The molecule has 0 radical (unpaired) electrons. The average Bonchev–Trinajstić information content (AvgIpc) is 3.21. The first-order valence-electron chi connectivity index (χ1n) is 18.3. The first-order valence-corrected chi connectivity index (χ1v) is 19.3. The Balaban J connectivity index is 1.43. The van der Waals surface area contributed by atoms with Crippen molar-refractivity contribution in [1.29, 1.82) is 0 Å². The van der Waals surface area contributed by atoms with Gasteiger partial charge >= 0.3 is 12.3 Å². The summed E-state index contributed by atoms with van der Waals surface area (Å²) in [6.45, 7) is 2.28. The van der Waals surface area contributed by atoms with Gasteiger partial charge in [-0.05, 0) is 48.4 Å². The van der Waals surface area contributed by atoms with E-state index < -0.39 is 35.4 Å². The van der Waals surface area contributed by atoms with Crippen LogP contribution >= 0.6 is 11.8 Å². The fraction of sp³-hybridized carbons (Fsp3) is 0.366. The van der Waals surface area contributed by atoms with Crippen LogP contribution in [0.4, 0.5) is 18.9 Å². The van der Waals surface area contributed by atoms with Crippen molar-refractivity contribution in [3.8, 4) is 0 Å². The topological polar surface area (TPSA) is 149 Å². The average molecular weight is 813 g/mol. The largest absolute Gasteiger partial charge is 0.487 e. The van der Waals surface area contributed by atoms with Crippen LogP contribution < -0.4 is 10.6 Å². The number of hydrogen-bond acceptors (Lipinski definition) is 10. The van der Waals surface area contributed by atoms with Crippen molar-refractivity contribution in [3.63, 3.8) is 0 Å². The molecule has 0 spiro atoms. The molecule has 16 heteroatoms. The van der Waals surface area contributed by atoms with Gasteiger partial charge in [-0.2, -0.15) is 0 Å². The SMILES string of the molecule is O=C(O)CNCCCOCCOCCOCCOCCSC(C(=O)Nc1ccccc1)(c1ccccc1)c1ncccc1C(=O)N(Cc1ccccc1)C(F)(F)F. The van der Waals surface area contributed by atoms with Gasteiger partial charge in [-0.1, -0.05) is 78.9 Å². The van der Waals surface area contributed by atoms with Crippen molar-refractivity contribution in [2.75, 3.05) is 77.0 Å². The summed E-state index contributed by atoms with van der Waals surface area (Å²) in [5.41, 5.74) is 0.595. The van der Waals surface area contributed by atoms with Gasteiger partial charge in [0.2, 0.25) is 0 Å². The lowest BCUT2D eigenvalue weighted by Gasteiger charge is -2.34. The summed E-state index contributed by atoms with van der Waals surface area (Å²) in [5, 5.41) is 14.3. The number of pyridine rings is 1. The minimum absolute atomic E-state index is 0.0852. The molecule has 306 valence electrons. The summed E-state index contributed by atoms with van der Waals surface area (Å²) < 4.78 is 64.4. The van der Waals surface area contributed by atoms with Crippen molar-refractivity contribution in [1.82, 2.24) is 15.2 Å². The molecule has 3 aromatic carbocycles.